The Morgan fingerprint density at radius 2 is 2.25 bits per heavy atom. The monoisotopic (exact) mass is 326 g/mol. The van der Waals surface area contributed by atoms with Crippen LogP contribution in [0.4, 0.5) is 5.82 Å². The molecule has 1 saturated heterocycles. The number of rotatable bonds is 6. The van der Waals surface area contributed by atoms with Crippen LogP contribution in [0.3, 0.4) is 0 Å². The van der Waals surface area contributed by atoms with Gasteiger partial charge in [-0.2, -0.15) is 5.10 Å². The van der Waals surface area contributed by atoms with Gasteiger partial charge in [-0.1, -0.05) is 24.3 Å². The summed E-state index contributed by atoms with van der Waals surface area (Å²) in [6, 6.07) is 10.7. The molecule has 24 heavy (non-hydrogen) atoms. The number of aromatic amines is 1. The van der Waals surface area contributed by atoms with Crippen LogP contribution in [-0.2, 0) is 4.79 Å². The molecule has 1 aromatic heterocycles. The van der Waals surface area contributed by atoms with E-state index in [0.29, 0.717) is 18.3 Å². The molecule has 128 valence electrons. The minimum atomic E-state index is 0.0321. The van der Waals surface area contributed by atoms with E-state index < -0.39 is 0 Å². The van der Waals surface area contributed by atoms with Crippen molar-refractivity contribution in [3.8, 4) is 11.3 Å². The normalized spacial score (nSPS) is 18.0. The lowest BCUT2D eigenvalue weighted by molar-refractivity contribution is -0.116. The average molecular weight is 326 g/mol. The summed E-state index contributed by atoms with van der Waals surface area (Å²) in [5.74, 6) is 0.623. The zero-order valence-electron chi connectivity index (χ0n) is 14.5. The van der Waals surface area contributed by atoms with Gasteiger partial charge in [0.1, 0.15) is 0 Å². The number of amides is 1. The van der Waals surface area contributed by atoms with Gasteiger partial charge in [-0.15, -0.1) is 0 Å². The SMILES string of the molecule is Cc1ccccc1-c1cc(NC(=O)CCCN2CCCC2C)n[nH]1. The molecule has 1 amide bonds. The standard InChI is InChI=1S/C19H26N4O/c1-14-7-3-4-9-16(14)17-13-18(22-21-17)20-19(24)10-6-12-23-11-5-8-15(23)2/h3-4,7,9,13,15H,5-6,8,10-12H2,1-2H3,(H2,20,21,22,24). The van der Waals surface area contributed by atoms with Crippen molar-refractivity contribution >= 4 is 11.7 Å². The highest BCUT2D eigenvalue weighted by molar-refractivity contribution is 5.90. The molecule has 5 heteroatoms. The number of nitrogens with zero attached hydrogens (tertiary/aromatic N) is 2. The second-order valence-corrected chi connectivity index (χ2v) is 6.66. The van der Waals surface area contributed by atoms with Gasteiger partial charge in [0.05, 0.1) is 5.69 Å². The fourth-order valence-corrected chi connectivity index (χ4v) is 3.37. The van der Waals surface area contributed by atoms with Crippen molar-refractivity contribution in [3.63, 3.8) is 0 Å². The van der Waals surface area contributed by atoms with Crippen molar-refractivity contribution in [2.45, 2.75) is 45.6 Å². The number of hydrogen-bond acceptors (Lipinski definition) is 3. The van der Waals surface area contributed by atoms with Gasteiger partial charge < -0.3 is 10.2 Å². The zero-order valence-corrected chi connectivity index (χ0v) is 14.5. The molecule has 1 atom stereocenters. The van der Waals surface area contributed by atoms with Crippen molar-refractivity contribution < 1.29 is 4.79 Å². The number of carbonyl (C=O) groups excluding carboxylic acids is 1. The van der Waals surface area contributed by atoms with E-state index in [0.717, 1.165) is 24.2 Å². The minimum absolute atomic E-state index is 0.0321. The summed E-state index contributed by atoms with van der Waals surface area (Å²) in [5.41, 5.74) is 3.21. The number of likely N-dealkylation sites (tertiary alicyclic amines) is 1. The largest absolute Gasteiger partial charge is 0.309 e. The van der Waals surface area contributed by atoms with Gasteiger partial charge in [0, 0.05) is 24.1 Å². The van der Waals surface area contributed by atoms with Crippen molar-refractivity contribution in [2.75, 3.05) is 18.4 Å². The lowest BCUT2D eigenvalue weighted by Crippen LogP contribution is -2.28. The third-order valence-electron chi connectivity index (χ3n) is 4.82. The number of aryl methyl sites for hydroxylation is 1. The fraction of sp³-hybridized carbons (Fsp3) is 0.474. The maximum atomic E-state index is 12.1. The quantitative estimate of drug-likeness (QED) is 0.853. The van der Waals surface area contributed by atoms with Crippen LogP contribution >= 0.6 is 0 Å². The number of aromatic nitrogens is 2. The molecule has 0 bridgehead atoms. The molecule has 1 aliphatic heterocycles. The van der Waals surface area contributed by atoms with E-state index in [2.05, 4.69) is 40.3 Å². The van der Waals surface area contributed by atoms with Gasteiger partial charge in [0.2, 0.25) is 5.91 Å². The summed E-state index contributed by atoms with van der Waals surface area (Å²) in [6.45, 7) is 6.50. The van der Waals surface area contributed by atoms with E-state index in [1.54, 1.807) is 0 Å². The van der Waals surface area contributed by atoms with Crippen LogP contribution in [0.25, 0.3) is 11.3 Å². The highest BCUT2D eigenvalue weighted by Crippen LogP contribution is 2.23. The Labute approximate surface area is 143 Å². The lowest BCUT2D eigenvalue weighted by atomic mass is 10.1. The van der Waals surface area contributed by atoms with Crippen LogP contribution < -0.4 is 5.32 Å². The molecule has 5 nitrogen and oxygen atoms in total. The Balaban J connectivity index is 1.49. The number of carbonyl (C=O) groups is 1. The summed E-state index contributed by atoms with van der Waals surface area (Å²) >= 11 is 0. The Morgan fingerprint density at radius 3 is 3.00 bits per heavy atom. The molecule has 0 spiro atoms. The van der Waals surface area contributed by atoms with E-state index >= 15 is 0 Å². The van der Waals surface area contributed by atoms with Crippen molar-refractivity contribution in [2.24, 2.45) is 0 Å². The molecule has 0 saturated carbocycles. The maximum absolute atomic E-state index is 12.1. The van der Waals surface area contributed by atoms with Crippen LogP contribution in [0.5, 0.6) is 0 Å². The molecule has 1 fully saturated rings. The molecular weight excluding hydrogens is 300 g/mol. The van der Waals surface area contributed by atoms with Crippen molar-refractivity contribution in [1.29, 1.82) is 0 Å². The van der Waals surface area contributed by atoms with Crippen LogP contribution in [-0.4, -0.2) is 40.1 Å². The Hall–Kier alpha value is -2.14. The predicted octanol–water partition coefficient (Wildman–Crippen LogP) is 3.59. The molecule has 2 aromatic rings. The summed E-state index contributed by atoms with van der Waals surface area (Å²) in [7, 11) is 0. The molecule has 1 aromatic carbocycles. The summed E-state index contributed by atoms with van der Waals surface area (Å²) < 4.78 is 0. The first-order chi connectivity index (χ1) is 11.6. The van der Waals surface area contributed by atoms with Crippen LogP contribution in [0.1, 0.15) is 38.2 Å². The molecule has 0 radical (unpaired) electrons. The molecule has 1 unspecified atom stereocenters. The van der Waals surface area contributed by atoms with E-state index in [1.807, 2.05) is 24.3 Å². The summed E-state index contributed by atoms with van der Waals surface area (Å²) in [4.78, 5) is 14.6. The zero-order chi connectivity index (χ0) is 16.9. The van der Waals surface area contributed by atoms with Crippen molar-refractivity contribution in [1.82, 2.24) is 15.1 Å². The fourth-order valence-electron chi connectivity index (χ4n) is 3.37. The van der Waals surface area contributed by atoms with Crippen LogP contribution in [0.2, 0.25) is 0 Å². The third-order valence-corrected chi connectivity index (χ3v) is 4.82. The molecule has 1 aliphatic rings. The Kier molecular flexibility index (Phi) is 5.30. The van der Waals surface area contributed by atoms with Gasteiger partial charge in [-0.25, -0.2) is 0 Å². The lowest BCUT2D eigenvalue weighted by Gasteiger charge is -2.20. The van der Waals surface area contributed by atoms with E-state index in [-0.39, 0.29) is 5.91 Å². The third kappa shape index (κ3) is 4.03. The van der Waals surface area contributed by atoms with Gasteiger partial charge in [0.15, 0.2) is 5.82 Å². The second kappa shape index (κ2) is 7.62. The van der Waals surface area contributed by atoms with E-state index in [9.17, 15) is 4.79 Å². The maximum Gasteiger partial charge on any atom is 0.225 e. The van der Waals surface area contributed by atoms with Gasteiger partial charge in [0.25, 0.3) is 0 Å². The molecule has 2 N–H and O–H groups in total. The first kappa shape index (κ1) is 16.7. The minimum Gasteiger partial charge on any atom is -0.309 e. The average Bonchev–Trinajstić information content (AvgIpc) is 3.17. The number of benzene rings is 1. The molecule has 3 rings (SSSR count). The summed E-state index contributed by atoms with van der Waals surface area (Å²) in [6.07, 6.45) is 3.99. The number of H-pyrrole nitrogens is 1. The van der Waals surface area contributed by atoms with Gasteiger partial charge >= 0.3 is 0 Å². The van der Waals surface area contributed by atoms with E-state index in [1.165, 1.54) is 24.9 Å². The Morgan fingerprint density at radius 1 is 1.42 bits per heavy atom. The predicted molar refractivity (Wildman–Crippen MR) is 96.9 cm³/mol. The number of nitrogens with one attached hydrogen (secondary N) is 2. The topological polar surface area (TPSA) is 61.0 Å². The van der Waals surface area contributed by atoms with Gasteiger partial charge in [-0.05, 0) is 51.8 Å². The Bertz CT molecular complexity index is 694. The van der Waals surface area contributed by atoms with Crippen molar-refractivity contribution in [3.05, 3.63) is 35.9 Å². The van der Waals surface area contributed by atoms with Gasteiger partial charge in [-0.3, -0.25) is 9.89 Å². The number of anilines is 1. The molecule has 0 aliphatic carbocycles. The highest BCUT2D eigenvalue weighted by Gasteiger charge is 2.19. The second-order valence-electron chi connectivity index (χ2n) is 6.66. The molecule has 2 heterocycles. The highest BCUT2D eigenvalue weighted by atomic mass is 16.1. The number of hydrogen-bond donors (Lipinski definition) is 2. The van der Waals surface area contributed by atoms with E-state index in [4.69, 9.17) is 0 Å². The van der Waals surface area contributed by atoms with Crippen LogP contribution in [0.15, 0.2) is 30.3 Å². The summed E-state index contributed by atoms with van der Waals surface area (Å²) in [5, 5.41) is 10.1. The first-order valence-corrected chi connectivity index (χ1v) is 8.79. The smallest absolute Gasteiger partial charge is 0.225 e. The van der Waals surface area contributed by atoms with Crippen LogP contribution in [0, 0.1) is 6.92 Å². The first-order valence-electron chi connectivity index (χ1n) is 8.79. The molecular formula is C19H26N4O.